The summed E-state index contributed by atoms with van der Waals surface area (Å²) >= 11 is 5.63. The summed E-state index contributed by atoms with van der Waals surface area (Å²) in [6, 6.07) is 15.2. The highest BCUT2D eigenvalue weighted by Crippen LogP contribution is 2.29. The molecule has 4 nitrogen and oxygen atoms in total. The summed E-state index contributed by atoms with van der Waals surface area (Å²) in [6.45, 7) is 24.2. The van der Waals surface area contributed by atoms with Crippen molar-refractivity contribution in [2.24, 2.45) is 5.92 Å². The summed E-state index contributed by atoms with van der Waals surface area (Å²) in [6.07, 6.45) is 2.17. The van der Waals surface area contributed by atoms with Crippen LogP contribution in [0.25, 0.3) is 17.1 Å². The number of nitrogens with zero attached hydrogens (tertiary/aromatic N) is 3. The van der Waals surface area contributed by atoms with Crippen LogP contribution < -0.4 is 4.90 Å². The third kappa shape index (κ3) is 9.24. The molecule has 1 N–H and O–H groups in total. The smallest absolute Gasteiger partial charge is 0.200 e. The standard InChI is InChI=1S/C25H34N4S.3C2H6/c1-7-19-11-12-22(16-23(19)28(6)14-13-17(2)3)29-24(26-27-25(29)30)21-10-8-9-20(15-21)18(4)5;3*1-2/h8-12,15-18H,7,13-14H2,1-6H3,(H,27,30);3*1-2H3. The molecular formula is C31H52N4S. The first-order valence-corrected chi connectivity index (χ1v) is 14.3. The number of hydrogen-bond acceptors (Lipinski definition) is 3. The lowest BCUT2D eigenvalue weighted by molar-refractivity contribution is 0.584. The predicted molar refractivity (Wildman–Crippen MR) is 164 cm³/mol. The first-order chi connectivity index (χ1) is 17.3. The quantitative estimate of drug-likeness (QED) is 0.305. The van der Waals surface area contributed by atoms with Gasteiger partial charge >= 0.3 is 0 Å². The van der Waals surface area contributed by atoms with Gasteiger partial charge in [0.05, 0.1) is 5.69 Å². The van der Waals surface area contributed by atoms with Gasteiger partial charge in [-0.3, -0.25) is 9.67 Å². The van der Waals surface area contributed by atoms with Crippen molar-refractivity contribution in [3.8, 4) is 17.1 Å². The lowest BCUT2D eigenvalue weighted by Crippen LogP contribution is -2.21. The van der Waals surface area contributed by atoms with Gasteiger partial charge in [-0.05, 0) is 66.2 Å². The Morgan fingerprint density at radius 3 is 2.14 bits per heavy atom. The minimum atomic E-state index is 0.463. The predicted octanol–water partition coefficient (Wildman–Crippen LogP) is 9.84. The number of nitrogens with one attached hydrogen (secondary N) is 1. The third-order valence-electron chi connectivity index (χ3n) is 5.64. The van der Waals surface area contributed by atoms with Gasteiger partial charge in [0.2, 0.25) is 0 Å². The van der Waals surface area contributed by atoms with E-state index in [1.54, 1.807) is 0 Å². The van der Waals surface area contributed by atoms with Crippen molar-refractivity contribution < 1.29 is 0 Å². The number of benzene rings is 2. The molecule has 0 aliphatic rings. The molecule has 0 spiro atoms. The zero-order valence-electron chi connectivity index (χ0n) is 25.1. The van der Waals surface area contributed by atoms with Crippen LogP contribution in [0.15, 0.2) is 42.5 Å². The number of hydrogen-bond donors (Lipinski definition) is 1. The van der Waals surface area contributed by atoms with Crippen molar-refractivity contribution in [1.82, 2.24) is 14.8 Å². The average Bonchev–Trinajstić information content (AvgIpc) is 3.31. The zero-order chi connectivity index (χ0) is 27.8. The SMILES string of the molecule is CC.CC.CC.CCc1ccc(-n2c(-c3cccc(C(C)C)c3)n[nH]c2=S)cc1N(C)CCC(C)C. The van der Waals surface area contributed by atoms with Gasteiger partial charge in [0.15, 0.2) is 10.6 Å². The Morgan fingerprint density at radius 1 is 0.944 bits per heavy atom. The van der Waals surface area contributed by atoms with E-state index in [9.17, 15) is 0 Å². The highest BCUT2D eigenvalue weighted by atomic mass is 32.1. The molecule has 0 atom stereocenters. The number of aryl methyl sites for hydroxylation is 1. The van der Waals surface area contributed by atoms with Crippen LogP contribution in [0.2, 0.25) is 0 Å². The molecule has 0 amide bonds. The largest absolute Gasteiger partial charge is 0.374 e. The summed E-state index contributed by atoms with van der Waals surface area (Å²) in [5, 5.41) is 7.57. The first kappa shape index (κ1) is 33.6. The van der Waals surface area contributed by atoms with Crippen molar-refractivity contribution in [3.05, 3.63) is 58.4 Å². The van der Waals surface area contributed by atoms with E-state index in [0.717, 1.165) is 30.0 Å². The van der Waals surface area contributed by atoms with E-state index in [0.29, 0.717) is 16.6 Å². The Hall–Kier alpha value is -2.40. The summed E-state index contributed by atoms with van der Waals surface area (Å²) in [4.78, 5) is 2.37. The maximum absolute atomic E-state index is 5.63. The normalized spacial score (nSPS) is 10.1. The van der Waals surface area contributed by atoms with Crippen LogP contribution in [-0.4, -0.2) is 28.4 Å². The number of rotatable bonds is 8. The number of anilines is 1. The molecule has 0 bridgehead atoms. The number of H-pyrrole nitrogens is 1. The minimum absolute atomic E-state index is 0.463. The highest BCUT2D eigenvalue weighted by Gasteiger charge is 2.15. The Kier molecular flexibility index (Phi) is 16.7. The van der Waals surface area contributed by atoms with Crippen molar-refractivity contribution in [3.63, 3.8) is 0 Å². The molecule has 1 aromatic heterocycles. The van der Waals surface area contributed by atoms with E-state index in [1.165, 1.54) is 23.2 Å². The Labute approximate surface area is 227 Å². The van der Waals surface area contributed by atoms with Gasteiger partial charge < -0.3 is 4.90 Å². The summed E-state index contributed by atoms with van der Waals surface area (Å²) < 4.78 is 2.66. The lowest BCUT2D eigenvalue weighted by atomic mass is 10.0. The zero-order valence-corrected chi connectivity index (χ0v) is 25.9. The van der Waals surface area contributed by atoms with E-state index < -0.39 is 0 Å². The molecule has 3 aromatic rings. The van der Waals surface area contributed by atoms with Gasteiger partial charge in [0, 0.05) is 24.8 Å². The summed E-state index contributed by atoms with van der Waals surface area (Å²) in [5.74, 6) is 2.00. The molecule has 3 rings (SSSR count). The average molecular weight is 513 g/mol. The molecule has 0 fully saturated rings. The van der Waals surface area contributed by atoms with E-state index in [1.807, 2.05) is 46.1 Å². The van der Waals surface area contributed by atoms with Crippen molar-refractivity contribution in [2.75, 3.05) is 18.5 Å². The molecule has 1 heterocycles. The van der Waals surface area contributed by atoms with Crippen molar-refractivity contribution >= 4 is 17.9 Å². The van der Waals surface area contributed by atoms with Gasteiger partial charge in [-0.1, -0.05) is 100 Å². The van der Waals surface area contributed by atoms with Gasteiger partial charge in [-0.25, -0.2) is 0 Å². The fraction of sp³-hybridized carbons (Fsp3) is 0.548. The third-order valence-corrected chi connectivity index (χ3v) is 5.92. The monoisotopic (exact) mass is 512 g/mol. The second kappa shape index (κ2) is 17.9. The van der Waals surface area contributed by atoms with Gasteiger partial charge in [0.25, 0.3) is 0 Å². The molecule has 0 aliphatic heterocycles. The number of aromatic nitrogens is 3. The minimum Gasteiger partial charge on any atom is -0.374 e. The molecule has 0 saturated heterocycles. The number of aromatic amines is 1. The fourth-order valence-corrected chi connectivity index (χ4v) is 3.92. The second-order valence-corrected chi connectivity index (χ2v) is 9.13. The van der Waals surface area contributed by atoms with Gasteiger partial charge in [-0.15, -0.1) is 0 Å². The van der Waals surface area contributed by atoms with E-state index in [-0.39, 0.29) is 0 Å². The molecule has 0 radical (unpaired) electrons. The van der Waals surface area contributed by atoms with Crippen LogP contribution in [0.5, 0.6) is 0 Å². The van der Waals surface area contributed by atoms with Crippen molar-refractivity contribution in [2.45, 2.75) is 94.9 Å². The Balaban J connectivity index is 0.00000190. The van der Waals surface area contributed by atoms with Crippen LogP contribution in [0.4, 0.5) is 5.69 Å². The van der Waals surface area contributed by atoms with E-state index >= 15 is 0 Å². The van der Waals surface area contributed by atoms with E-state index in [4.69, 9.17) is 12.2 Å². The fourth-order valence-electron chi connectivity index (χ4n) is 3.68. The topological polar surface area (TPSA) is 36.9 Å². The van der Waals surface area contributed by atoms with Crippen LogP contribution in [0.3, 0.4) is 0 Å². The van der Waals surface area contributed by atoms with Crippen LogP contribution >= 0.6 is 12.2 Å². The molecule has 5 heteroatoms. The van der Waals surface area contributed by atoms with E-state index in [2.05, 4.69) is 99.2 Å². The van der Waals surface area contributed by atoms with Crippen LogP contribution in [0.1, 0.15) is 99.6 Å². The van der Waals surface area contributed by atoms with Gasteiger partial charge in [0.1, 0.15) is 0 Å². The Bertz CT molecular complexity index is 1050. The molecule has 0 aliphatic carbocycles. The van der Waals surface area contributed by atoms with Crippen LogP contribution in [0, 0.1) is 10.7 Å². The maximum atomic E-state index is 5.63. The van der Waals surface area contributed by atoms with Gasteiger partial charge in [-0.2, -0.15) is 5.10 Å². The summed E-state index contributed by atoms with van der Waals surface area (Å²) in [7, 11) is 2.18. The molecule has 36 heavy (non-hydrogen) atoms. The molecule has 0 unspecified atom stereocenters. The highest BCUT2D eigenvalue weighted by molar-refractivity contribution is 7.71. The summed E-state index contributed by atoms with van der Waals surface area (Å²) in [5.41, 5.74) is 6.03. The first-order valence-electron chi connectivity index (χ1n) is 13.9. The molecule has 202 valence electrons. The molecule has 2 aromatic carbocycles. The molecular weight excluding hydrogens is 460 g/mol. The van der Waals surface area contributed by atoms with Crippen molar-refractivity contribution in [1.29, 1.82) is 0 Å². The Morgan fingerprint density at radius 2 is 1.58 bits per heavy atom. The lowest BCUT2D eigenvalue weighted by Gasteiger charge is -2.24. The second-order valence-electron chi connectivity index (χ2n) is 8.74. The maximum Gasteiger partial charge on any atom is 0.200 e. The molecule has 0 saturated carbocycles. The van der Waals surface area contributed by atoms with Crippen LogP contribution in [-0.2, 0) is 6.42 Å².